The van der Waals surface area contributed by atoms with E-state index in [-0.39, 0.29) is 11.9 Å². The molecule has 3 rings (SSSR count). The lowest BCUT2D eigenvalue weighted by Gasteiger charge is -2.36. The van der Waals surface area contributed by atoms with E-state index in [4.69, 9.17) is 5.73 Å². The van der Waals surface area contributed by atoms with Crippen LogP contribution >= 0.6 is 11.3 Å². The molecule has 0 saturated carbocycles. The molecule has 0 aromatic carbocycles. The van der Waals surface area contributed by atoms with E-state index in [9.17, 15) is 4.79 Å². The monoisotopic (exact) mass is 293 g/mol. The van der Waals surface area contributed by atoms with Gasteiger partial charge in [0, 0.05) is 30.6 Å². The minimum absolute atomic E-state index is 0.226. The summed E-state index contributed by atoms with van der Waals surface area (Å²) in [7, 11) is 0. The summed E-state index contributed by atoms with van der Waals surface area (Å²) < 4.78 is 0. The number of carbonyl (C=O) groups is 1. The Kier molecular flexibility index (Phi) is 4.10. The van der Waals surface area contributed by atoms with Crippen LogP contribution in [0.25, 0.3) is 0 Å². The Morgan fingerprint density at radius 1 is 1.40 bits per heavy atom. The van der Waals surface area contributed by atoms with Gasteiger partial charge in [-0.3, -0.25) is 9.69 Å². The van der Waals surface area contributed by atoms with Crippen molar-refractivity contribution >= 4 is 17.2 Å². The number of carbonyl (C=O) groups excluding carboxylic acids is 1. The maximum Gasteiger partial charge on any atom is 0.237 e. The van der Waals surface area contributed by atoms with Gasteiger partial charge in [-0.1, -0.05) is 0 Å². The quantitative estimate of drug-likeness (QED) is 0.901. The first-order valence-electron chi connectivity index (χ1n) is 7.49. The fourth-order valence-electron chi connectivity index (χ4n) is 3.24. The molecule has 20 heavy (non-hydrogen) atoms. The summed E-state index contributed by atoms with van der Waals surface area (Å²) in [5.74, 6) is 0.268. The van der Waals surface area contributed by atoms with Gasteiger partial charge in [0.15, 0.2) is 0 Å². The predicted octanol–water partition coefficient (Wildman–Crippen LogP) is 1.62. The van der Waals surface area contributed by atoms with Crippen molar-refractivity contribution in [3.8, 4) is 0 Å². The Morgan fingerprint density at radius 3 is 2.90 bits per heavy atom. The van der Waals surface area contributed by atoms with E-state index in [2.05, 4.69) is 23.3 Å². The number of nitrogens with two attached hydrogens (primary N) is 1. The number of amides is 1. The molecule has 2 aliphatic rings. The molecule has 2 N–H and O–H groups in total. The Balaban J connectivity index is 1.61. The van der Waals surface area contributed by atoms with Gasteiger partial charge >= 0.3 is 0 Å². The molecule has 1 aromatic heterocycles. The molecule has 4 nitrogen and oxygen atoms in total. The molecule has 1 saturated heterocycles. The standard InChI is InChI=1S/C15H23N3OS/c1-11-13-5-9-20-14(13)4-8-18(11)15(19)10-17-6-2-12(16)3-7-17/h5,9,11-12H,2-4,6-8,10,16H2,1H3. The summed E-state index contributed by atoms with van der Waals surface area (Å²) in [4.78, 5) is 18.3. The maximum atomic E-state index is 12.5. The highest BCUT2D eigenvalue weighted by Gasteiger charge is 2.29. The number of likely N-dealkylation sites (tertiary alicyclic amines) is 1. The molecule has 1 aromatic rings. The molecule has 5 heteroatoms. The third-order valence-electron chi connectivity index (χ3n) is 4.59. The normalized spacial score (nSPS) is 24.7. The molecule has 1 fully saturated rings. The van der Waals surface area contributed by atoms with E-state index < -0.39 is 0 Å². The molecular weight excluding hydrogens is 270 g/mol. The molecule has 0 bridgehead atoms. The van der Waals surface area contributed by atoms with Gasteiger partial charge in [0.1, 0.15) is 0 Å². The van der Waals surface area contributed by atoms with Crippen molar-refractivity contribution in [3.63, 3.8) is 0 Å². The zero-order valence-electron chi connectivity index (χ0n) is 12.0. The molecule has 1 atom stereocenters. The second-order valence-electron chi connectivity index (χ2n) is 5.93. The summed E-state index contributed by atoms with van der Waals surface area (Å²) in [5.41, 5.74) is 7.26. The fraction of sp³-hybridized carbons (Fsp3) is 0.667. The summed E-state index contributed by atoms with van der Waals surface area (Å²) in [6.45, 7) is 5.48. The van der Waals surface area contributed by atoms with Crippen molar-refractivity contribution in [3.05, 3.63) is 21.9 Å². The van der Waals surface area contributed by atoms with Crippen LogP contribution in [0.3, 0.4) is 0 Å². The van der Waals surface area contributed by atoms with Gasteiger partial charge < -0.3 is 10.6 Å². The number of fused-ring (bicyclic) bond motifs is 1. The topological polar surface area (TPSA) is 49.6 Å². The van der Waals surface area contributed by atoms with Gasteiger partial charge in [-0.05, 0) is 43.2 Å². The summed E-state index contributed by atoms with van der Waals surface area (Å²) >= 11 is 1.82. The number of rotatable bonds is 2. The first-order valence-corrected chi connectivity index (χ1v) is 8.37. The smallest absolute Gasteiger partial charge is 0.237 e. The average Bonchev–Trinajstić information content (AvgIpc) is 2.91. The van der Waals surface area contributed by atoms with Crippen LogP contribution in [0.4, 0.5) is 0 Å². The molecule has 3 heterocycles. The minimum Gasteiger partial charge on any atom is -0.334 e. The van der Waals surface area contributed by atoms with Crippen molar-refractivity contribution < 1.29 is 4.79 Å². The van der Waals surface area contributed by atoms with Crippen molar-refractivity contribution in [2.24, 2.45) is 5.73 Å². The Labute approximate surface area is 124 Å². The highest BCUT2D eigenvalue weighted by molar-refractivity contribution is 7.10. The first kappa shape index (κ1) is 14.0. The number of hydrogen-bond donors (Lipinski definition) is 1. The highest BCUT2D eigenvalue weighted by atomic mass is 32.1. The number of hydrogen-bond acceptors (Lipinski definition) is 4. The lowest BCUT2D eigenvalue weighted by Crippen LogP contribution is -2.47. The van der Waals surface area contributed by atoms with E-state index in [1.165, 1.54) is 10.4 Å². The van der Waals surface area contributed by atoms with E-state index in [1.807, 2.05) is 16.2 Å². The SMILES string of the molecule is CC1c2ccsc2CCN1C(=O)CN1CCC(N)CC1. The van der Waals surface area contributed by atoms with Crippen molar-refractivity contribution in [1.29, 1.82) is 0 Å². The van der Waals surface area contributed by atoms with Crippen LogP contribution in [0.2, 0.25) is 0 Å². The van der Waals surface area contributed by atoms with Gasteiger partial charge in [-0.25, -0.2) is 0 Å². The van der Waals surface area contributed by atoms with Crippen LogP contribution in [-0.4, -0.2) is 47.9 Å². The lowest BCUT2D eigenvalue weighted by atomic mass is 10.0. The Bertz CT molecular complexity index is 479. The van der Waals surface area contributed by atoms with Gasteiger partial charge in [0.05, 0.1) is 12.6 Å². The second kappa shape index (κ2) is 5.84. The zero-order valence-corrected chi connectivity index (χ0v) is 12.9. The van der Waals surface area contributed by atoms with Crippen molar-refractivity contribution in [2.75, 3.05) is 26.2 Å². The molecule has 110 valence electrons. The molecule has 1 unspecified atom stereocenters. The molecule has 2 aliphatic heterocycles. The third-order valence-corrected chi connectivity index (χ3v) is 5.59. The molecule has 0 radical (unpaired) electrons. The van der Waals surface area contributed by atoms with Crippen molar-refractivity contribution in [1.82, 2.24) is 9.80 Å². The van der Waals surface area contributed by atoms with E-state index in [0.29, 0.717) is 12.6 Å². The highest BCUT2D eigenvalue weighted by Crippen LogP contribution is 2.32. The van der Waals surface area contributed by atoms with Crippen LogP contribution in [0.5, 0.6) is 0 Å². The second-order valence-corrected chi connectivity index (χ2v) is 6.93. The van der Waals surface area contributed by atoms with E-state index in [0.717, 1.165) is 38.9 Å². The molecule has 0 spiro atoms. The van der Waals surface area contributed by atoms with E-state index in [1.54, 1.807) is 0 Å². The molecule has 0 aliphatic carbocycles. The number of piperidine rings is 1. The maximum absolute atomic E-state index is 12.5. The molecule has 1 amide bonds. The Hall–Kier alpha value is -0.910. The average molecular weight is 293 g/mol. The van der Waals surface area contributed by atoms with Crippen LogP contribution in [0.1, 0.15) is 36.2 Å². The molecular formula is C15H23N3OS. The van der Waals surface area contributed by atoms with Crippen molar-refractivity contribution in [2.45, 2.75) is 38.3 Å². The summed E-state index contributed by atoms with van der Waals surface area (Å²) in [6, 6.07) is 2.72. The van der Waals surface area contributed by atoms with Gasteiger partial charge in [0.25, 0.3) is 0 Å². The van der Waals surface area contributed by atoms with E-state index >= 15 is 0 Å². The van der Waals surface area contributed by atoms with Crippen LogP contribution < -0.4 is 5.73 Å². The third kappa shape index (κ3) is 2.75. The van der Waals surface area contributed by atoms with Gasteiger partial charge in [-0.2, -0.15) is 0 Å². The summed E-state index contributed by atoms with van der Waals surface area (Å²) in [5, 5.41) is 2.14. The number of nitrogens with zero attached hydrogens (tertiary/aromatic N) is 2. The van der Waals surface area contributed by atoms with Gasteiger partial charge in [-0.15, -0.1) is 11.3 Å². The first-order chi connectivity index (χ1) is 9.65. The van der Waals surface area contributed by atoms with Crippen LogP contribution in [0.15, 0.2) is 11.4 Å². The largest absolute Gasteiger partial charge is 0.334 e. The van der Waals surface area contributed by atoms with Gasteiger partial charge in [0.2, 0.25) is 5.91 Å². The van der Waals surface area contributed by atoms with Crippen LogP contribution in [0, 0.1) is 0 Å². The minimum atomic E-state index is 0.226. The predicted molar refractivity (Wildman–Crippen MR) is 81.8 cm³/mol. The zero-order chi connectivity index (χ0) is 14.1. The van der Waals surface area contributed by atoms with Crippen LogP contribution in [-0.2, 0) is 11.2 Å². The number of thiophene rings is 1. The lowest BCUT2D eigenvalue weighted by molar-refractivity contribution is -0.135. The Morgan fingerprint density at radius 2 is 2.15 bits per heavy atom. The summed E-state index contributed by atoms with van der Waals surface area (Å²) in [6.07, 6.45) is 3.03. The fourth-order valence-corrected chi connectivity index (χ4v) is 4.21.